The number of benzene rings is 2. The molecule has 0 aliphatic carbocycles. The third-order valence-corrected chi connectivity index (χ3v) is 4.23. The van der Waals surface area contributed by atoms with E-state index < -0.39 is 0 Å². The van der Waals surface area contributed by atoms with Gasteiger partial charge in [0.15, 0.2) is 0 Å². The summed E-state index contributed by atoms with van der Waals surface area (Å²) in [6.07, 6.45) is 1.53. The van der Waals surface area contributed by atoms with Gasteiger partial charge in [0.1, 0.15) is 0 Å². The van der Waals surface area contributed by atoms with E-state index in [9.17, 15) is 5.11 Å². The van der Waals surface area contributed by atoms with Gasteiger partial charge in [-0.05, 0) is 31.4 Å². The third kappa shape index (κ3) is 2.44. The first kappa shape index (κ1) is 13.2. The molecule has 2 aromatic rings. The van der Waals surface area contributed by atoms with E-state index in [1.54, 1.807) is 0 Å². The Labute approximate surface area is 120 Å². The van der Waals surface area contributed by atoms with E-state index in [1.807, 2.05) is 6.07 Å². The molecular formula is C18H21NO. The lowest BCUT2D eigenvalue weighted by Gasteiger charge is -2.32. The van der Waals surface area contributed by atoms with E-state index in [4.69, 9.17) is 0 Å². The number of para-hydroxylation sites is 1. The summed E-state index contributed by atoms with van der Waals surface area (Å²) in [7, 11) is 0. The van der Waals surface area contributed by atoms with Gasteiger partial charge in [0, 0.05) is 17.8 Å². The van der Waals surface area contributed by atoms with Gasteiger partial charge in [-0.25, -0.2) is 0 Å². The average molecular weight is 267 g/mol. The topological polar surface area (TPSA) is 23.5 Å². The zero-order valence-corrected chi connectivity index (χ0v) is 11.9. The van der Waals surface area contributed by atoms with E-state index in [1.165, 1.54) is 11.3 Å². The van der Waals surface area contributed by atoms with Gasteiger partial charge in [-0.1, -0.05) is 48.5 Å². The van der Waals surface area contributed by atoms with Crippen molar-refractivity contribution in [3.8, 4) is 0 Å². The minimum Gasteiger partial charge on any atom is -0.388 e. The maximum absolute atomic E-state index is 10.3. The molecule has 2 nitrogen and oxygen atoms in total. The lowest BCUT2D eigenvalue weighted by molar-refractivity contribution is 0.168. The number of nitrogens with zero attached hydrogens (tertiary/aromatic N) is 1. The van der Waals surface area contributed by atoms with Crippen LogP contribution >= 0.6 is 0 Å². The zero-order chi connectivity index (χ0) is 13.9. The van der Waals surface area contributed by atoms with E-state index in [0.29, 0.717) is 6.04 Å². The minimum atomic E-state index is -0.334. The van der Waals surface area contributed by atoms with Crippen LogP contribution in [0.4, 0.5) is 5.69 Å². The van der Waals surface area contributed by atoms with Crippen LogP contribution in [0.5, 0.6) is 0 Å². The van der Waals surface area contributed by atoms with E-state index >= 15 is 0 Å². The Balaban J connectivity index is 1.99. The maximum atomic E-state index is 10.3. The van der Waals surface area contributed by atoms with E-state index in [0.717, 1.165) is 24.9 Å². The van der Waals surface area contributed by atoms with Crippen LogP contribution in [0, 0.1) is 0 Å². The Kier molecular flexibility index (Phi) is 3.75. The molecule has 1 heterocycles. The normalized spacial score (nSPS) is 20.1. The van der Waals surface area contributed by atoms with Crippen molar-refractivity contribution in [2.45, 2.75) is 31.9 Å². The summed E-state index contributed by atoms with van der Waals surface area (Å²) in [5.41, 5.74) is 3.56. The molecule has 0 saturated heterocycles. The lowest BCUT2D eigenvalue weighted by atomic mass is 10.0. The second-order valence-electron chi connectivity index (χ2n) is 5.50. The van der Waals surface area contributed by atoms with Crippen molar-refractivity contribution in [1.29, 1.82) is 0 Å². The number of hydrogen-bond donors (Lipinski definition) is 1. The summed E-state index contributed by atoms with van der Waals surface area (Å²) >= 11 is 0. The molecule has 0 spiro atoms. The van der Waals surface area contributed by atoms with Crippen LogP contribution in [-0.2, 0) is 0 Å². The van der Waals surface area contributed by atoms with Gasteiger partial charge in [0.2, 0.25) is 0 Å². The predicted molar refractivity (Wildman–Crippen MR) is 82.8 cm³/mol. The van der Waals surface area contributed by atoms with Crippen molar-refractivity contribution in [1.82, 2.24) is 0 Å². The SMILES string of the molecule is CC(c1ccccc1)N1CCCC(O)c2ccccc21. The van der Waals surface area contributed by atoms with Crippen LogP contribution in [0.3, 0.4) is 0 Å². The van der Waals surface area contributed by atoms with Gasteiger partial charge in [0.25, 0.3) is 0 Å². The van der Waals surface area contributed by atoms with E-state index in [-0.39, 0.29) is 6.10 Å². The molecule has 0 radical (unpaired) electrons. The van der Waals surface area contributed by atoms with Gasteiger partial charge in [0.05, 0.1) is 12.1 Å². The van der Waals surface area contributed by atoms with Crippen molar-refractivity contribution in [2.24, 2.45) is 0 Å². The monoisotopic (exact) mass is 267 g/mol. The summed E-state index contributed by atoms with van der Waals surface area (Å²) in [4.78, 5) is 2.42. The molecule has 0 aromatic heterocycles. The number of rotatable bonds is 2. The highest BCUT2D eigenvalue weighted by atomic mass is 16.3. The van der Waals surface area contributed by atoms with Crippen LogP contribution in [0.15, 0.2) is 54.6 Å². The number of hydrogen-bond acceptors (Lipinski definition) is 2. The van der Waals surface area contributed by atoms with Crippen LogP contribution in [-0.4, -0.2) is 11.7 Å². The summed E-state index contributed by atoms with van der Waals surface area (Å²) in [6.45, 7) is 3.23. The van der Waals surface area contributed by atoms with Crippen molar-refractivity contribution in [3.63, 3.8) is 0 Å². The highest BCUT2D eigenvalue weighted by Gasteiger charge is 2.24. The molecule has 1 aliphatic heterocycles. The Morgan fingerprint density at radius 1 is 1.05 bits per heavy atom. The van der Waals surface area contributed by atoms with Crippen LogP contribution in [0.1, 0.15) is 43.0 Å². The standard InChI is InChI=1S/C18H21NO/c1-14(15-8-3-2-4-9-15)19-13-7-12-18(20)16-10-5-6-11-17(16)19/h2-6,8-11,14,18,20H,7,12-13H2,1H3. The smallest absolute Gasteiger partial charge is 0.0810 e. The van der Waals surface area contributed by atoms with Crippen LogP contribution in [0.2, 0.25) is 0 Å². The van der Waals surface area contributed by atoms with Gasteiger partial charge in [-0.2, -0.15) is 0 Å². The lowest BCUT2D eigenvalue weighted by Crippen LogP contribution is -2.27. The number of fused-ring (bicyclic) bond motifs is 1. The van der Waals surface area contributed by atoms with Gasteiger partial charge in [-0.3, -0.25) is 0 Å². The summed E-state index contributed by atoms with van der Waals surface area (Å²) in [6, 6.07) is 19.1. The first-order valence-corrected chi connectivity index (χ1v) is 7.36. The molecule has 2 aromatic carbocycles. The van der Waals surface area contributed by atoms with Crippen molar-refractivity contribution in [2.75, 3.05) is 11.4 Å². The predicted octanol–water partition coefficient (Wildman–Crippen LogP) is 4.08. The summed E-state index contributed by atoms with van der Waals surface area (Å²) in [5.74, 6) is 0. The fraction of sp³-hybridized carbons (Fsp3) is 0.333. The maximum Gasteiger partial charge on any atom is 0.0810 e. The molecule has 1 N–H and O–H groups in total. The van der Waals surface area contributed by atoms with Crippen molar-refractivity contribution >= 4 is 5.69 Å². The van der Waals surface area contributed by atoms with Crippen LogP contribution < -0.4 is 4.90 Å². The fourth-order valence-corrected chi connectivity index (χ4v) is 3.08. The third-order valence-electron chi connectivity index (χ3n) is 4.23. The Hall–Kier alpha value is -1.80. The number of anilines is 1. The second-order valence-corrected chi connectivity index (χ2v) is 5.50. The molecular weight excluding hydrogens is 246 g/mol. The molecule has 0 saturated carbocycles. The van der Waals surface area contributed by atoms with Gasteiger partial charge in [-0.15, -0.1) is 0 Å². The molecule has 2 atom stereocenters. The fourth-order valence-electron chi connectivity index (χ4n) is 3.08. The molecule has 2 heteroatoms. The summed E-state index contributed by atoms with van der Waals surface area (Å²) in [5, 5.41) is 10.3. The Morgan fingerprint density at radius 2 is 1.75 bits per heavy atom. The average Bonchev–Trinajstić information content (AvgIpc) is 2.67. The molecule has 2 unspecified atom stereocenters. The summed E-state index contributed by atoms with van der Waals surface area (Å²) < 4.78 is 0. The second kappa shape index (κ2) is 5.68. The highest BCUT2D eigenvalue weighted by Crippen LogP contribution is 2.37. The first-order valence-electron chi connectivity index (χ1n) is 7.36. The van der Waals surface area contributed by atoms with Gasteiger partial charge >= 0.3 is 0 Å². The van der Waals surface area contributed by atoms with E-state index in [2.05, 4.69) is 60.4 Å². The quantitative estimate of drug-likeness (QED) is 0.886. The molecule has 0 bridgehead atoms. The first-order chi connectivity index (χ1) is 9.77. The largest absolute Gasteiger partial charge is 0.388 e. The van der Waals surface area contributed by atoms with Crippen molar-refractivity contribution in [3.05, 3.63) is 65.7 Å². The molecule has 0 fully saturated rings. The highest BCUT2D eigenvalue weighted by molar-refractivity contribution is 5.57. The Bertz CT molecular complexity index is 567. The molecule has 3 rings (SSSR count). The van der Waals surface area contributed by atoms with Gasteiger partial charge < -0.3 is 10.0 Å². The van der Waals surface area contributed by atoms with Crippen molar-refractivity contribution < 1.29 is 5.11 Å². The number of aliphatic hydroxyl groups excluding tert-OH is 1. The zero-order valence-electron chi connectivity index (χ0n) is 11.9. The Morgan fingerprint density at radius 3 is 2.55 bits per heavy atom. The molecule has 104 valence electrons. The number of aliphatic hydroxyl groups is 1. The molecule has 20 heavy (non-hydrogen) atoms. The van der Waals surface area contributed by atoms with Crippen LogP contribution in [0.25, 0.3) is 0 Å². The minimum absolute atomic E-state index is 0.322. The molecule has 1 aliphatic rings. The molecule has 0 amide bonds.